The Kier molecular flexibility index (Phi) is 5.51. The molecule has 3 atom stereocenters. The molecule has 0 amide bonds. The number of rotatable bonds is 3. The second-order valence-corrected chi connectivity index (χ2v) is 7.37. The fourth-order valence-corrected chi connectivity index (χ4v) is 4.58. The van der Waals surface area contributed by atoms with Crippen molar-refractivity contribution in [3.63, 3.8) is 0 Å². The summed E-state index contributed by atoms with van der Waals surface area (Å²) in [6, 6.07) is 0. The topological polar surface area (TPSA) is 37.3 Å². The highest BCUT2D eigenvalue weighted by molar-refractivity contribution is 6.10. The average molecular weight is 416 g/mol. The molecule has 2 aliphatic carbocycles. The van der Waals surface area contributed by atoms with Gasteiger partial charge < -0.3 is 5.11 Å². The molecule has 0 unspecified atom stereocenters. The quantitative estimate of drug-likeness (QED) is 0.238. The van der Waals surface area contributed by atoms with Crippen LogP contribution in [-0.4, -0.2) is 17.0 Å². The number of carbonyl (C=O) groups is 1. The highest BCUT2D eigenvalue weighted by atomic mass is 19.2. The fourth-order valence-electron chi connectivity index (χ4n) is 4.58. The lowest BCUT2D eigenvalue weighted by molar-refractivity contribution is -0.114. The van der Waals surface area contributed by atoms with E-state index < -0.39 is 69.3 Å². The summed E-state index contributed by atoms with van der Waals surface area (Å²) in [5, 5.41) is 10.7. The molecule has 8 heteroatoms. The number of ketones is 1. The summed E-state index contributed by atoms with van der Waals surface area (Å²) in [6.07, 6.45) is 3.10. The number of halogens is 6. The smallest absolute Gasteiger partial charge is 0.200 e. The Morgan fingerprint density at radius 1 is 1.17 bits per heavy atom. The van der Waals surface area contributed by atoms with E-state index in [9.17, 15) is 31.9 Å². The molecule has 1 fully saturated rings. The second kappa shape index (κ2) is 7.48. The molecule has 0 saturated heterocycles. The van der Waals surface area contributed by atoms with Gasteiger partial charge in [0.05, 0.1) is 11.7 Å². The molecule has 0 aliphatic heterocycles. The van der Waals surface area contributed by atoms with E-state index in [1.54, 1.807) is 0 Å². The van der Waals surface area contributed by atoms with Crippen molar-refractivity contribution in [1.82, 2.24) is 0 Å². The number of benzene rings is 1. The summed E-state index contributed by atoms with van der Waals surface area (Å²) in [4.78, 5) is 12.6. The molecule has 0 bridgehead atoms. The van der Waals surface area contributed by atoms with Gasteiger partial charge in [-0.25, -0.2) is 26.3 Å². The molecule has 0 spiro atoms. The third-order valence-corrected chi connectivity index (χ3v) is 6.04. The molecule has 2 nitrogen and oxygen atoms in total. The minimum Gasteiger partial charge on any atom is -0.392 e. The predicted molar refractivity (Wildman–Crippen MR) is 93.6 cm³/mol. The van der Waals surface area contributed by atoms with Crippen molar-refractivity contribution in [2.45, 2.75) is 38.7 Å². The van der Waals surface area contributed by atoms with Gasteiger partial charge in [-0.1, -0.05) is 18.6 Å². The van der Waals surface area contributed by atoms with Gasteiger partial charge in [-0.05, 0) is 37.7 Å². The van der Waals surface area contributed by atoms with Gasteiger partial charge in [-0.2, -0.15) is 0 Å². The highest BCUT2D eigenvalue weighted by Gasteiger charge is 2.52. The molecule has 2 aliphatic rings. The molecule has 156 valence electrons. The molecule has 29 heavy (non-hydrogen) atoms. The number of carbonyl (C=O) groups excluding carboxylic acids is 1. The van der Waals surface area contributed by atoms with Crippen molar-refractivity contribution in [3.8, 4) is 0 Å². The third-order valence-electron chi connectivity index (χ3n) is 6.04. The molecular weight excluding hydrogens is 398 g/mol. The van der Waals surface area contributed by atoms with Crippen LogP contribution in [0.25, 0.3) is 5.83 Å². The number of aliphatic hydroxyl groups excluding tert-OH is 1. The van der Waals surface area contributed by atoms with E-state index in [0.29, 0.717) is 24.8 Å². The SMILES string of the molecule is C=CC[C@@]12C(=CC(=O)C(=C(F)c3c(F)c(F)c(F)c(F)c3F)[C@@H]1C)CCC[C@@H]2O. The Balaban J connectivity index is 2.31. The Morgan fingerprint density at radius 2 is 1.72 bits per heavy atom. The lowest BCUT2D eigenvalue weighted by Gasteiger charge is -2.50. The molecule has 0 aromatic heterocycles. The molecular formula is C21H18F6O2. The fraction of sp³-hybridized carbons (Fsp3) is 0.381. The number of aliphatic hydroxyl groups is 1. The van der Waals surface area contributed by atoms with Crippen LogP contribution in [0.4, 0.5) is 26.3 Å². The minimum absolute atomic E-state index is 0.141. The van der Waals surface area contributed by atoms with Crippen LogP contribution in [0.2, 0.25) is 0 Å². The maximum atomic E-state index is 15.2. The van der Waals surface area contributed by atoms with Crippen molar-refractivity contribution < 1.29 is 36.2 Å². The maximum Gasteiger partial charge on any atom is 0.200 e. The van der Waals surface area contributed by atoms with Gasteiger partial charge in [0.15, 0.2) is 29.1 Å². The van der Waals surface area contributed by atoms with Gasteiger partial charge in [0.25, 0.3) is 0 Å². The van der Waals surface area contributed by atoms with E-state index in [-0.39, 0.29) is 6.42 Å². The normalized spacial score (nSPS) is 28.7. The van der Waals surface area contributed by atoms with E-state index in [0.717, 1.165) is 6.08 Å². The van der Waals surface area contributed by atoms with Gasteiger partial charge >= 0.3 is 0 Å². The van der Waals surface area contributed by atoms with Gasteiger partial charge in [0.2, 0.25) is 5.82 Å². The van der Waals surface area contributed by atoms with E-state index in [1.165, 1.54) is 13.0 Å². The standard InChI is InChI=1S/C21H18F6O2/c1-3-7-21-9(2)13(11(28)8-10(21)5-4-6-12(21)29)15(22)14-16(23)18(25)20(27)19(26)17(14)24/h3,8-9,12,29H,1,4-7H2,2H3/t9-,12-,21-/m0/s1. The van der Waals surface area contributed by atoms with Gasteiger partial charge in [-0.3, -0.25) is 4.79 Å². The number of fused-ring (bicyclic) bond motifs is 1. The van der Waals surface area contributed by atoms with E-state index in [1.807, 2.05) is 0 Å². The Morgan fingerprint density at radius 3 is 2.28 bits per heavy atom. The van der Waals surface area contributed by atoms with Crippen molar-refractivity contribution in [3.05, 3.63) is 64.5 Å². The van der Waals surface area contributed by atoms with E-state index in [4.69, 9.17) is 0 Å². The highest BCUT2D eigenvalue weighted by Crippen LogP contribution is 2.55. The van der Waals surface area contributed by atoms with E-state index >= 15 is 4.39 Å². The lowest BCUT2D eigenvalue weighted by atomic mass is 9.55. The van der Waals surface area contributed by atoms with Gasteiger partial charge in [0, 0.05) is 11.0 Å². The first-order valence-electron chi connectivity index (χ1n) is 9.05. The zero-order valence-electron chi connectivity index (χ0n) is 15.5. The lowest BCUT2D eigenvalue weighted by Crippen LogP contribution is -2.48. The maximum absolute atomic E-state index is 15.2. The number of allylic oxidation sites excluding steroid dienone is 3. The summed E-state index contributed by atoms with van der Waals surface area (Å²) in [5.74, 6) is -15.6. The van der Waals surface area contributed by atoms with E-state index in [2.05, 4.69) is 6.58 Å². The molecule has 1 aromatic carbocycles. The monoisotopic (exact) mass is 416 g/mol. The largest absolute Gasteiger partial charge is 0.392 e. The summed E-state index contributed by atoms with van der Waals surface area (Å²) in [6.45, 7) is 5.02. The van der Waals surface area contributed by atoms with Gasteiger partial charge in [0.1, 0.15) is 5.83 Å². The summed E-state index contributed by atoms with van der Waals surface area (Å²) in [5.41, 5.74) is -3.11. The van der Waals surface area contributed by atoms with Crippen LogP contribution in [0.15, 0.2) is 29.9 Å². The van der Waals surface area contributed by atoms with Crippen LogP contribution in [0, 0.1) is 40.4 Å². The first kappa shape index (κ1) is 21.4. The zero-order chi connectivity index (χ0) is 21.7. The van der Waals surface area contributed by atoms with Crippen LogP contribution in [-0.2, 0) is 4.79 Å². The second-order valence-electron chi connectivity index (χ2n) is 7.37. The zero-order valence-corrected chi connectivity index (χ0v) is 15.5. The van der Waals surface area contributed by atoms with Crippen LogP contribution in [0.1, 0.15) is 38.2 Å². The van der Waals surface area contributed by atoms with Crippen LogP contribution < -0.4 is 0 Å². The first-order chi connectivity index (χ1) is 13.6. The van der Waals surface area contributed by atoms with Crippen LogP contribution >= 0.6 is 0 Å². The Labute approximate surface area is 163 Å². The van der Waals surface area contributed by atoms with Gasteiger partial charge in [-0.15, -0.1) is 6.58 Å². The Bertz CT molecular complexity index is 935. The Hall–Kier alpha value is -2.35. The number of hydrogen-bond donors (Lipinski definition) is 1. The molecule has 1 aromatic rings. The van der Waals surface area contributed by atoms with Crippen molar-refractivity contribution >= 4 is 11.6 Å². The molecule has 1 N–H and O–H groups in total. The van der Waals surface area contributed by atoms with Crippen LogP contribution in [0.3, 0.4) is 0 Å². The molecule has 0 radical (unpaired) electrons. The third kappa shape index (κ3) is 2.96. The van der Waals surface area contributed by atoms with Crippen molar-refractivity contribution in [2.75, 3.05) is 0 Å². The summed E-state index contributed by atoms with van der Waals surface area (Å²) in [7, 11) is 0. The van der Waals surface area contributed by atoms with Crippen LogP contribution in [0.5, 0.6) is 0 Å². The molecule has 3 rings (SSSR count). The minimum atomic E-state index is -2.42. The van der Waals surface area contributed by atoms with Crippen molar-refractivity contribution in [2.24, 2.45) is 11.3 Å². The average Bonchev–Trinajstić information content (AvgIpc) is 2.67. The predicted octanol–water partition coefficient (Wildman–Crippen LogP) is 5.32. The summed E-state index contributed by atoms with van der Waals surface area (Å²) >= 11 is 0. The molecule has 0 heterocycles. The number of hydrogen-bond acceptors (Lipinski definition) is 2. The summed E-state index contributed by atoms with van der Waals surface area (Å²) < 4.78 is 83.9. The van der Waals surface area contributed by atoms with Crippen molar-refractivity contribution in [1.29, 1.82) is 0 Å². The first-order valence-corrected chi connectivity index (χ1v) is 9.05. The molecule has 1 saturated carbocycles.